The van der Waals surface area contributed by atoms with Gasteiger partial charge in [-0.15, -0.1) is 24.8 Å². The van der Waals surface area contributed by atoms with Crippen LogP contribution in [0.4, 0.5) is 0 Å². The average Bonchev–Trinajstić information content (AvgIpc) is 3.80. The van der Waals surface area contributed by atoms with Crippen LogP contribution in [0.5, 0.6) is 0 Å². The summed E-state index contributed by atoms with van der Waals surface area (Å²) < 4.78 is 6.93. The van der Waals surface area contributed by atoms with Gasteiger partial charge in [0.25, 0.3) is 0 Å². The number of allylic oxidation sites excluding steroid dienone is 2. The molecule has 0 aromatic heterocycles. The molecule has 2 atom stereocenters. The van der Waals surface area contributed by atoms with Crippen molar-refractivity contribution in [2.24, 2.45) is 10.8 Å². The number of rotatable bonds is 12. The summed E-state index contributed by atoms with van der Waals surface area (Å²) >= 11 is -3.93. The fraction of sp³-hybridized carbons (Fsp3) is 0.481. The van der Waals surface area contributed by atoms with E-state index in [2.05, 4.69) is 141 Å². The molecule has 4 heteroatoms. The van der Waals surface area contributed by atoms with Crippen molar-refractivity contribution in [3.63, 3.8) is 0 Å². The summed E-state index contributed by atoms with van der Waals surface area (Å²) in [6, 6.07) is 33.9. The molecule has 4 aliphatic carbocycles. The van der Waals surface area contributed by atoms with Crippen LogP contribution in [-0.4, -0.2) is 6.88 Å². The van der Waals surface area contributed by atoms with Crippen molar-refractivity contribution in [1.82, 2.24) is 0 Å². The van der Waals surface area contributed by atoms with E-state index in [1.54, 1.807) is 33.4 Å². The topological polar surface area (TPSA) is 0 Å². The van der Waals surface area contributed by atoms with E-state index in [1.807, 2.05) is 0 Å². The number of benzene rings is 4. The molecule has 0 aliphatic heterocycles. The van der Waals surface area contributed by atoms with Gasteiger partial charge in [0.1, 0.15) is 0 Å². The van der Waals surface area contributed by atoms with Crippen molar-refractivity contribution in [3.05, 3.63) is 129 Å². The number of fused-ring (bicyclic) bond motifs is 2. The summed E-state index contributed by atoms with van der Waals surface area (Å²) in [6.07, 6.45) is 26.9. The van der Waals surface area contributed by atoms with Gasteiger partial charge in [0, 0.05) is 0 Å². The summed E-state index contributed by atoms with van der Waals surface area (Å²) in [6.45, 7) is 12.1. The minimum Gasteiger partial charge on any atom is -0.147 e. The fourth-order valence-electron chi connectivity index (χ4n) is 12.8. The van der Waals surface area contributed by atoms with E-state index in [1.165, 1.54) is 123 Å². The van der Waals surface area contributed by atoms with Gasteiger partial charge in [0.2, 0.25) is 0 Å². The first-order valence-electron chi connectivity index (χ1n) is 22.9. The second-order valence-electron chi connectivity index (χ2n) is 20.1. The van der Waals surface area contributed by atoms with Crippen LogP contribution in [0.25, 0.3) is 34.4 Å². The van der Waals surface area contributed by atoms with E-state index in [0.29, 0.717) is 18.1 Å². The normalized spacial score (nSPS) is 20.9. The molecule has 4 aliphatic rings. The van der Waals surface area contributed by atoms with Crippen LogP contribution in [0.2, 0.25) is 9.26 Å². The first-order chi connectivity index (χ1) is 27.0. The van der Waals surface area contributed by atoms with E-state index in [4.69, 9.17) is 0 Å². The van der Waals surface area contributed by atoms with Gasteiger partial charge in [0.15, 0.2) is 0 Å². The molecule has 2 saturated carbocycles. The molecular formula is C54H72Cl2SiZr. The van der Waals surface area contributed by atoms with E-state index in [0.717, 1.165) is 12.8 Å². The maximum Gasteiger partial charge on any atom is -0.147 e. The van der Waals surface area contributed by atoms with Crippen molar-refractivity contribution >= 4 is 43.8 Å². The van der Waals surface area contributed by atoms with Crippen molar-refractivity contribution < 1.29 is 17.4 Å². The standard InChI is InChI=1S/2C26H31.2CH3.2ClH.H2Si.Zr/c2*1-3-20-11-13-22(14-12-20)24-10-8-9-23-17-21(18-25(23)24)19-26(4-2)15-6-5-7-16-26;;;;;;/h2*8-14,17-18H,3-7,15-16,19H2,1-2H3;2*1H3;2*1H;1H2;. The Morgan fingerprint density at radius 2 is 0.879 bits per heavy atom. The Balaban J connectivity index is 0.00000283. The SMILES string of the molecule is CCc1ccc(-c2cccc3c2C=C(CC2(CC)CCCCC2)[CH]3[Zr]([CH3])([CH3])(=[SiH2])[CH]2C(CC3(CC)CCCCC3)=Cc3c(-c4ccc(CC)cc4)cccc32)cc1.Cl.Cl. The number of halogens is 2. The van der Waals surface area contributed by atoms with Crippen molar-refractivity contribution in [1.29, 1.82) is 0 Å². The zero-order chi connectivity index (χ0) is 39.2. The van der Waals surface area contributed by atoms with E-state index >= 15 is 0 Å². The van der Waals surface area contributed by atoms with Gasteiger partial charge < -0.3 is 0 Å². The van der Waals surface area contributed by atoms with Gasteiger partial charge in [0.05, 0.1) is 0 Å². The molecule has 8 rings (SSSR count). The smallest absolute Gasteiger partial charge is 0.147 e. The van der Waals surface area contributed by atoms with E-state index in [9.17, 15) is 0 Å². The Labute approximate surface area is 367 Å². The van der Waals surface area contributed by atoms with Gasteiger partial charge in [-0.2, -0.15) is 0 Å². The largest absolute Gasteiger partial charge is 0.147 e. The minimum absolute atomic E-state index is 0. The molecule has 4 aromatic carbocycles. The maximum atomic E-state index is 2.92. The monoisotopic (exact) mass is 908 g/mol. The van der Waals surface area contributed by atoms with Crippen LogP contribution in [0.3, 0.4) is 0 Å². The van der Waals surface area contributed by atoms with Crippen LogP contribution < -0.4 is 0 Å². The molecule has 0 N–H and O–H groups in total. The molecular weight excluding hydrogens is 839 g/mol. The molecule has 2 fully saturated rings. The predicted octanol–water partition coefficient (Wildman–Crippen LogP) is 16.4. The Hall–Kier alpha value is -1.96. The average molecular weight is 911 g/mol. The molecule has 0 saturated heterocycles. The molecule has 0 amide bonds. The molecule has 4 aromatic rings. The van der Waals surface area contributed by atoms with Gasteiger partial charge in [-0.05, 0) is 0 Å². The number of aryl methyl sites for hydroxylation is 2. The van der Waals surface area contributed by atoms with Crippen molar-refractivity contribution in [2.45, 2.75) is 147 Å². The van der Waals surface area contributed by atoms with Gasteiger partial charge in [-0.25, -0.2) is 0 Å². The quantitative estimate of drug-likeness (QED) is 0.124. The summed E-state index contributed by atoms with van der Waals surface area (Å²) in [4.78, 5) is 0. The summed E-state index contributed by atoms with van der Waals surface area (Å²) in [5, 5.41) is 0. The third-order valence-electron chi connectivity index (χ3n) is 16.0. The second-order valence-corrected chi connectivity index (χ2v) is 50.6. The van der Waals surface area contributed by atoms with Crippen molar-refractivity contribution in [2.75, 3.05) is 0 Å². The first-order valence-corrected chi connectivity index (χ1v) is 36.6. The Bertz CT molecular complexity index is 2040. The third-order valence-corrected chi connectivity index (χ3v) is 33.5. The zero-order valence-corrected chi connectivity index (χ0v) is 42.2. The number of hydrogen-bond acceptors (Lipinski definition) is 0. The van der Waals surface area contributed by atoms with Crippen LogP contribution in [0.15, 0.2) is 96.1 Å². The summed E-state index contributed by atoms with van der Waals surface area (Å²) in [5.41, 5.74) is 19.4. The first kappa shape index (κ1) is 45.6. The molecule has 0 spiro atoms. The van der Waals surface area contributed by atoms with Crippen LogP contribution in [-0.2, 0) is 30.2 Å². The molecule has 0 radical (unpaired) electrons. The maximum absolute atomic E-state index is 3.93. The predicted molar refractivity (Wildman–Crippen MR) is 260 cm³/mol. The molecule has 0 bridgehead atoms. The second kappa shape index (κ2) is 18.2. The molecule has 0 heterocycles. The van der Waals surface area contributed by atoms with E-state index < -0.39 is 17.4 Å². The molecule has 58 heavy (non-hydrogen) atoms. The fourth-order valence-corrected chi connectivity index (χ4v) is 32.4. The van der Waals surface area contributed by atoms with Crippen LogP contribution in [0.1, 0.15) is 158 Å². The number of hydrogen-bond donors (Lipinski definition) is 0. The Morgan fingerprint density at radius 1 is 0.517 bits per heavy atom. The molecule has 310 valence electrons. The minimum atomic E-state index is -3.93. The Morgan fingerprint density at radius 3 is 1.21 bits per heavy atom. The zero-order valence-electron chi connectivity index (χ0n) is 36.7. The Kier molecular flexibility index (Phi) is 14.3. The van der Waals surface area contributed by atoms with Gasteiger partial charge in [-0.3, -0.25) is 0 Å². The molecule has 2 unspecified atom stereocenters. The van der Waals surface area contributed by atoms with Crippen molar-refractivity contribution in [3.8, 4) is 22.3 Å². The third kappa shape index (κ3) is 8.46. The molecule has 0 nitrogen and oxygen atoms in total. The van der Waals surface area contributed by atoms with E-state index in [-0.39, 0.29) is 24.8 Å². The van der Waals surface area contributed by atoms with Gasteiger partial charge >= 0.3 is 346 Å². The summed E-state index contributed by atoms with van der Waals surface area (Å²) in [7, 11) is 0. The van der Waals surface area contributed by atoms with Crippen LogP contribution >= 0.6 is 24.8 Å². The van der Waals surface area contributed by atoms with Gasteiger partial charge in [-0.1, -0.05) is 0 Å². The summed E-state index contributed by atoms with van der Waals surface area (Å²) in [5.74, 6) is 0. The van der Waals surface area contributed by atoms with Crippen LogP contribution in [0, 0.1) is 10.8 Å².